The number of amides is 1. The third kappa shape index (κ3) is 4.84. The van der Waals surface area contributed by atoms with Crippen molar-refractivity contribution in [2.24, 2.45) is 10.9 Å². The normalized spacial score (nSPS) is 17.4. The lowest BCUT2D eigenvalue weighted by Crippen LogP contribution is -2.45. The Morgan fingerprint density at radius 2 is 2.26 bits per heavy atom. The maximum Gasteiger partial charge on any atom is 0.225 e. The zero-order valence-electron chi connectivity index (χ0n) is 16.1. The number of hydrogen-bond acceptors (Lipinski definition) is 4. The van der Waals surface area contributed by atoms with E-state index in [9.17, 15) is 4.79 Å². The standard InChI is InChI=1S/C19H27N7O/c1-14(2)18(27)25-8-6-16(12-25)24-19(20-3)23-11-15-4-5-17(22-10-15)26-9-7-21-13-26/h4-5,7,9-10,13-14,16H,6,8,11-12H2,1-3H3,(H2,20,23,24). The lowest BCUT2D eigenvalue weighted by atomic mass is 10.2. The summed E-state index contributed by atoms with van der Waals surface area (Å²) in [4.78, 5) is 26.8. The van der Waals surface area contributed by atoms with Gasteiger partial charge < -0.3 is 15.5 Å². The van der Waals surface area contributed by atoms with Gasteiger partial charge in [0.15, 0.2) is 5.96 Å². The quantitative estimate of drug-likeness (QED) is 0.611. The molecule has 0 bridgehead atoms. The maximum absolute atomic E-state index is 12.1. The molecular weight excluding hydrogens is 342 g/mol. The molecule has 0 spiro atoms. The molecule has 8 nitrogen and oxygen atoms in total. The molecule has 0 aromatic carbocycles. The van der Waals surface area contributed by atoms with Crippen LogP contribution in [0.15, 0.2) is 42.0 Å². The fourth-order valence-corrected chi connectivity index (χ4v) is 3.09. The average Bonchev–Trinajstić information content (AvgIpc) is 3.37. The maximum atomic E-state index is 12.1. The molecule has 27 heavy (non-hydrogen) atoms. The van der Waals surface area contributed by atoms with Gasteiger partial charge in [0.1, 0.15) is 12.1 Å². The smallest absolute Gasteiger partial charge is 0.225 e. The van der Waals surface area contributed by atoms with Crippen LogP contribution < -0.4 is 10.6 Å². The van der Waals surface area contributed by atoms with Crippen molar-refractivity contribution < 1.29 is 4.79 Å². The molecule has 1 aliphatic heterocycles. The summed E-state index contributed by atoms with van der Waals surface area (Å²) in [6.45, 7) is 6.02. The van der Waals surface area contributed by atoms with E-state index in [1.54, 1.807) is 19.6 Å². The van der Waals surface area contributed by atoms with E-state index in [2.05, 4.69) is 25.6 Å². The molecule has 1 saturated heterocycles. The number of aliphatic imine (C=N–C) groups is 1. The van der Waals surface area contributed by atoms with E-state index in [1.165, 1.54) is 0 Å². The van der Waals surface area contributed by atoms with E-state index in [0.717, 1.165) is 36.9 Å². The minimum atomic E-state index is 0.0407. The second-order valence-corrected chi connectivity index (χ2v) is 6.99. The second kappa shape index (κ2) is 8.66. The molecule has 2 N–H and O–H groups in total. The van der Waals surface area contributed by atoms with Crippen LogP contribution in [0.3, 0.4) is 0 Å². The van der Waals surface area contributed by atoms with Crippen molar-refractivity contribution >= 4 is 11.9 Å². The lowest BCUT2D eigenvalue weighted by molar-refractivity contribution is -0.133. The monoisotopic (exact) mass is 369 g/mol. The molecule has 1 fully saturated rings. The molecule has 144 valence electrons. The Morgan fingerprint density at radius 3 is 2.89 bits per heavy atom. The lowest BCUT2D eigenvalue weighted by Gasteiger charge is -2.20. The third-order valence-electron chi connectivity index (χ3n) is 4.60. The summed E-state index contributed by atoms with van der Waals surface area (Å²) < 4.78 is 1.86. The highest BCUT2D eigenvalue weighted by molar-refractivity contribution is 5.81. The van der Waals surface area contributed by atoms with Gasteiger partial charge in [-0.15, -0.1) is 0 Å². The zero-order chi connectivity index (χ0) is 19.2. The Balaban J connectivity index is 1.49. The number of nitrogens with one attached hydrogen (secondary N) is 2. The highest BCUT2D eigenvalue weighted by Crippen LogP contribution is 2.12. The van der Waals surface area contributed by atoms with Crippen molar-refractivity contribution in [2.45, 2.75) is 32.9 Å². The molecule has 2 aromatic heterocycles. The number of guanidine groups is 1. The van der Waals surface area contributed by atoms with Gasteiger partial charge >= 0.3 is 0 Å². The first-order chi connectivity index (χ1) is 13.1. The first-order valence-corrected chi connectivity index (χ1v) is 9.26. The third-order valence-corrected chi connectivity index (χ3v) is 4.60. The molecule has 3 heterocycles. The molecule has 1 aliphatic rings. The average molecular weight is 369 g/mol. The van der Waals surface area contributed by atoms with Crippen molar-refractivity contribution in [1.29, 1.82) is 0 Å². The van der Waals surface area contributed by atoms with Gasteiger partial charge in [-0.3, -0.25) is 14.4 Å². The van der Waals surface area contributed by atoms with Crippen molar-refractivity contribution in [1.82, 2.24) is 30.1 Å². The Bertz CT molecular complexity index is 768. The van der Waals surface area contributed by atoms with Crippen LogP contribution in [0, 0.1) is 5.92 Å². The van der Waals surface area contributed by atoms with Gasteiger partial charge in [0, 0.05) is 57.2 Å². The predicted octanol–water partition coefficient (Wildman–Crippen LogP) is 1.19. The molecule has 1 unspecified atom stereocenters. The number of imidazole rings is 1. The fourth-order valence-electron chi connectivity index (χ4n) is 3.09. The number of nitrogens with zero attached hydrogens (tertiary/aromatic N) is 5. The number of hydrogen-bond donors (Lipinski definition) is 2. The van der Waals surface area contributed by atoms with Gasteiger partial charge in [-0.2, -0.15) is 0 Å². The molecule has 3 rings (SSSR count). The van der Waals surface area contributed by atoms with Crippen LogP contribution in [-0.2, 0) is 11.3 Å². The van der Waals surface area contributed by atoms with E-state index in [1.807, 2.05) is 47.8 Å². The van der Waals surface area contributed by atoms with Gasteiger partial charge in [-0.25, -0.2) is 9.97 Å². The van der Waals surface area contributed by atoms with E-state index in [-0.39, 0.29) is 17.9 Å². The van der Waals surface area contributed by atoms with Gasteiger partial charge in [0.05, 0.1) is 0 Å². The summed E-state index contributed by atoms with van der Waals surface area (Å²) in [5, 5.41) is 6.72. The first-order valence-electron chi connectivity index (χ1n) is 9.26. The largest absolute Gasteiger partial charge is 0.352 e. The molecule has 0 radical (unpaired) electrons. The van der Waals surface area contributed by atoms with E-state index in [4.69, 9.17) is 0 Å². The van der Waals surface area contributed by atoms with Crippen molar-refractivity contribution in [3.8, 4) is 5.82 Å². The van der Waals surface area contributed by atoms with Crippen molar-refractivity contribution in [3.05, 3.63) is 42.6 Å². The predicted molar refractivity (Wildman–Crippen MR) is 105 cm³/mol. The first kappa shape index (κ1) is 18.9. The number of rotatable bonds is 5. The Labute approximate surface area is 159 Å². The zero-order valence-corrected chi connectivity index (χ0v) is 16.1. The van der Waals surface area contributed by atoms with Crippen molar-refractivity contribution in [2.75, 3.05) is 20.1 Å². The SMILES string of the molecule is CN=C(NCc1ccc(-n2ccnc2)nc1)NC1CCN(C(=O)C(C)C)C1. The number of pyridine rings is 1. The van der Waals surface area contributed by atoms with Gasteiger partial charge in [-0.1, -0.05) is 19.9 Å². The summed E-state index contributed by atoms with van der Waals surface area (Å²) in [5.41, 5.74) is 1.06. The molecular formula is C19H27N7O. The Kier molecular flexibility index (Phi) is 6.05. The van der Waals surface area contributed by atoms with Crippen molar-refractivity contribution in [3.63, 3.8) is 0 Å². The summed E-state index contributed by atoms with van der Waals surface area (Å²) in [6.07, 6.45) is 8.09. The molecule has 0 aliphatic carbocycles. The summed E-state index contributed by atoms with van der Waals surface area (Å²) in [5.74, 6) is 1.82. The van der Waals surface area contributed by atoms with Gasteiger partial charge in [0.25, 0.3) is 0 Å². The van der Waals surface area contributed by atoms with Crippen LogP contribution in [0.5, 0.6) is 0 Å². The van der Waals surface area contributed by atoms with Crippen LogP contribution in [0.1, 0.15) is 25.8 Å². The van der Waals surface area contributed by atoms with E-state index in [0.29, 0.717) is 6.54 Å². The Morgan fingerprint density at radius 1 is 1.41 bits per heavy atom. The molecule has 0 saturated carbocycles. The number of carbonyl (C=O) groups excluding carboxylic acids is 1. The van der Waals surface area contributed by atoms with Crippen LogP contribution in [0.4, 0.5) is 0 Å². The van der Waals surface area contributed by atoms with Crippen LogP contribution in [0.25, 0.3) is 5.82 Å². The summed E-state index contributed by atoms with van der Waals surface area (Å²) >= 11 is 0. The molecule has 2 aromatic rings. The highest BCUT2D eigenvalue weighted by Gasteiger charge is 2.27. The van der Waals surface area contributed by atoms with Gasteiger partial charge in [-0.05, 0) is 18.1 Å². The second-order valence-electron chi connectivity index (χ2n) is 6.99. The van der Waals surface area contributed by atoms with Crippen LogP contribution in [0.2, 0.25) is 0 Å². The summed E-state index contributed by atoms with van der Waals surface area (Å²) in [6, 6.07) is 4.21. The number of carbonyl (C=O) groups is 1. The van der Waals surface area contributed by atoms with Crippen LogP contribution in [-0.4, -0.2) is 57.5 Å². The number of aromatic nitrogens is 3. The molecule has 1 amide bonds. The molecule has 1 atom stereocenters. The Hall–Kier alpha value is -2.90. The van der Waals surface area contributed by atoms with Crippen LogP contribution >= 0.6 is 0 Å². The fraction of sp³-hybridized carbons (Fsp3) is 0.474. The van der Waals surface area contributed by atoms with E-state index >= 15 is 0 Å². The topological polar surface area (TPSA) is 87.4 Å². The van der Waals surface area contributed by atoms with Gasteiger partial charge in [0.2, 0.25) is 5.91 Å². The van der Waals surface area contributed by atoms with E-state index < -0.39 is 0 Å². The minimum Gasteiger partial charge on any atom is -0.352 e. The minimum absolute atomic E-state index is 0.0407. The molecule has 8 heteroatoms. The highest BCUT2D eigenvalue weighted by atomic mass is 16.2. The summed E-state index contributed by atoms with van der Waals surface area (Å²) in [7, 11) is 1.75. The number of likely N-dealkylation sites (tertiary alicyclic amines) is 1.